The van der Waals surface area contributed by atoms with Crippen molar-refractivity contribution < 1.29 is 4.74 Å². The second-order valence-corrected chi connectivity index (χ2v) is 5.82. The van der Waals surface area contributed by atoms with Gasteiger partial charge in [-0.2, -0.15) is 0 Å². The summed E-state index contributed by atoms with van der Waals surface area (Å²) in [5.41, 5.74) is 0.606. The van der Waals surface area contributed by atoms with Gasteiger partial charge in [-0.15, -0.1) is 0 Å². The van der Waals surface area contributed by atoms with Crippen molar-refractivity contribution in [3.8, 4) is 0 Å². The van der Waals surface area contributed by atoms with Gasteiger partial charge in [-0.1, -0.05) is 20.8 Å². The van der Waals surface area contributed by atoms with Crippen LogP contribution in [-0.4, -0.2) is 13.2 Å². The molecule has 0 spiro atoms. The molecule has 2 aliphatic rings. The molecule has 0 aromatic carbocycles. The van der Waals surface area contributed by atoms with Crippen molar-refractivity contribution in [2.24, 2.45) is 23.2 Å². The van der Waals surface area contributed by atoms with Gasteiger partial charge in [0.25, 0.3) is 0 Å². The molecule has 0 aliphatic heterocycles. The fourth-order valence-corrected chi connectivity index (χ4v) is 3.97. The quantitative estimate of drug-likeness (QED) is 0.657. The van der Waals surface area contributed by atoms with E-state index in [9.17, 15) is 0 Å². The van der Waals surface area contributed by atoms with Crippen LogP contribution in [0.4, 0.5) is 0 Å². The first-order valence-electron chi connectivity index (χ1n) is 6.11. The van der Waals surface area contributed by atoms with E-state index in [4.69, 9.17) is 4.74 Å². The topological polar surface area (TPSA) is 9.23 Å². The SMILES string of the molecule is COC1CC2CCC(C1)C2(C)C(C)C. The van der Waals surface area contributed by atoms with Crippen LogP contribution >= 0.6 is 0 Å². The standard InChI is InChI=1S/C13H24O/c1-9(2)13(3)10-5-6-11(13)8-12(7-10)14-4/h9-12H,5-8H2,1-4H3. The number of fused-ring (bicyclic) bond motifs is 2. The molecule has 1 heteroatoms. The molecule has 2 bridgehead atoms. The van der Waals surface area contributed by atoms with Gasteiger partial charge in [0.05, 0.1) is 6.10 Å². The number of methoxy groups -OCH3 is 1. The highest BCUT2D eigenvalue weighted by atomic mass is 16.5. The molecule has 2 aliphatic carbocycles. The molecule has 0 N–H and O–H groups in total. The molecule has 0 radical (unpaired) electrons. The van der Waals surface area contributed by atoms with Gasteiger partial charge in [0, 0.05) is 7.11 Å². The summed E-state index contributed by atoms with van der Waals surface area (Å²) in [6, 6.07) is 0. The lowest BCUT2D eigenvalue weighted by Crippen LogP contribution is -2.42. The molecule has 2 saturated carbocycles. The van der Waals surface area contributed by atoms with E-state index >= 15 is 0 Å². The Morgan fingerprint density at radius 1 is 1.14 bits per heavy atom. The van der Waals surface area contributed by atoms with Gasteiger partial charge in [0.1, 0.15) is 0 Å². The first kappa shape index (κ1) is 10.5. The molecule has 14 heavy (non-hydrogen) atoms. The summed E-state index contributed by atoms with van der Waals surface area (Å²) in [6.07, 6.45) is 6.06. The summed E-state index contributed by atoms with van der Waals surface area (Å²) >= 11 is 0. The van der Waals surface area contributed by atoms with E-state index in [2.05, 4.69) is 20.8 Å². The van der Waals surface area contributed by atoms with Crippen LogP contribution in [0.1, 0.15) is 46.5 Å². The molecule has 82 valence electrons. The van der Waals surface area contributed by atoms with E-state index in [1.165, 1.54) is 25.7 Å². The molecule has 0 aromatic heterocycles. The molecule has 2 unspecified atom stereocenters. The second-order valence-electron chi connectivity index (χ2n) is 5.82. The zero-order chi connectivity index (χ0) is 10.3. The monoisotopic (exact) mass is 196 g/mol. The average Bonchev–Trinajstić information content (AvgIpc) is 2.40. The zero-order valence-corrected chi connectivity index (χ0v) is 10.0. The number of rotatable bonds is 2. The summed E-state index contributed by atoms with van der Waals surface area (Å²) < 4.78 is 5.55. The van der Waals surface area contributed by atoms with Crippen molar-refractivity contribution in [2.45, 2.75) is 52.6 Å². The van der Waals surface area contributed by atoms with E-state index in [1.807, 2.05) is 7.11 Å². The van der Waals surface area contributed by atoms with E-state index < -0.39 is 0 Å². The van der Waals surface area contributed by atoms with E-state index in [0.717, 1.165) is 17.8 Å². The molecule has 0 heterocycles. The Kier molecular flexibility index (Phi) is 2.63. The van der Waals surface area contributed by atoms with Crippen LogP contribution in [-0.2, 0) is 4.74 Å². The largest absolute Gasteiger partial charge is 0.381 e. The summed E-state index contributed by atoms with van der Waals surface area (Å²) in [6.45, 7) is 7.32. The van der Waals surface area contributed by atoms with Crippen molar-refractivity contribution >= 4 is 0 Å². The zero-order valence-electron chi connectivity index (χ0n) is 10.0. The Bertz CT molecular complexity index is 195. The van der Waals surface area contributed by atoms with E-state index in [-0.39, 0.29) is 0 Å². The smallest absolute Gasteiger partial charge is 0.0577 e. The summed E-state index contributed by atoms with van der Waals surface area (Å²) in [7, 11) is 1.88. The van der Waals surface area contributed by atoms with Gasteiger partial charge in [0.2, 0.25) is 0 Å². The lowest BCUT2D eigenvalue weighted by molar-refractivity contribution is -0.0391. The summed E-state index contributed by atoms with van der Waals surface area (Å²) in [5.74, 6) is 2.68. The predicted molar refractivity (Wildman–Crippen MR) is 59.2 cm³/mol. The summed E-state index contributed by atoms with van der Waals surface area (Å²) in [5, 5.41) is 0. The minimum absolute atomic E-state index is 0.555. The highest BCUT2D eigenvalue weighted by Crippen LogP contribution is 2.59. The number of hydrogen-bond acceptors (Lipinski definition) is 1. The van der Waals surface area contributed by atoms with Crippen molar-refractivity contribution in [3.63, 3.8) is 0 Å². The molecule has 0 amide bonds. The maximum atomic E-state index is 5.55. The van der Waals surface area contributed by atoms with Crippen LogP contribution in [0.3, 0.4) is 0 Å². The van der Waals surface area contributed by atoms with Crippen LogP contribution in [0.25, 0.3) is 0 Å². The molecule has 0 aromatic rings. The van der Waals surface area contributed by atoms with Crippen molar-refractivity contribution in [2.75, 3.05) is 7.11 Å². The normalized spacial score (nSPS) is 47.4. The van der Waals surface area contributed by atoms with Gasteiger partial charge in [-0.05, 0) is 48.9 Å². The third-order valence-corrected chi connectivity index (χ3v) is 5.30. The summed E-state index contributed by atoms with van der Waals surface area (Å²) in [4.78, 5) is 0. The minimum Gasteiger partial charge on any atom is -0.381 e. The Morgan fingerprint density at radius 2 is 1.64 bits per heavy atom. The second kappa shape index (κ2) is 3.52. The Balaban J connectivity index is 2.17. The third-order valence-electron chi connectivity index (χ3n) is 5.30. The third kappa shape index (κ3) is 1.32. The van der Waals surface area contributed by atoms with Crippen molar-refractivity contribution in [1.82, 2.24) is 0 Å². The fraction of sp³-hybridized carbons (Fsp3) is 1.00. The van der Waals surface area contributed by atoms with Gasteiger partial charge < -0.3 is 4.74 Å². The van der Waals surface area contributed by atoms with Crippen molar-refractivity contribution in [3.05, 3.63) is 0 Å². The molecular formula is C13H24O. The van der Waals surface area contributed by atoms with Gasteiger partial charge >= 0.3 is 0 Å². The predicted octanol–water partition coefficient (Wildman–Crippen LogP) is 3.48. The molecular weight excluding hydrogens is 172 g/mol. The number of ether oxygens (including phenoxy) is 1. The maximum absolute atomic E-state index is 5.55. The van der Waals surface area contributed by atoms with E-state index in [0.29, 0.717) is 11.5 Å². The Hall–Kier alpha value is -0.0400. The van der Waals surface area contributed by atoms with Crippen LogP contribution in [0, 0.1) is 23.2 Å². The molecule has 2 fully saturated rings. The lowest BCUT2D eigenvalue weighted by Gasteiger charge is -2.46. The van der Waals surface area contributed by atoms with Crippen LogP contribution in [0.5, 0.6) is 0 Å². The fourth-order valence-electron chi connectivity index (χ4n) is 3.97. The molecule has 2 rings (SSSR count). The maximum Gasteiger partial charge on any atom is 0.0577 e. The Morgan fingerprint density at radius 3 is 2.00 bits per heavy atom. The first-order chi connectivity index (χ1) is 6.59. The van der Waals surface area contributed by atoms with Gasteiger partial charge in [-0.25, -0.2) is 0 Å². The van der Waals surface area contributed by atoms with Gasteiger partial charge in [-0.3, -0.25) is 0 Å². The van der Waals surface area contributed by atoms with Crippen molar-refractivity contribution in [1.29, 1.82) is 0 Å². The highest BCUT2D eigenvalue weighted by Gasteiger charge is 2.52. The minimum atomic E-state index is 0.555. The van der Waals surface area contributed by atoms with Crippen LogP contribution in [0.2, 0.25) is 0 Å². The molecule has 2 atom stereocenters. The van der Waals surface area contributed by atoms with E-state index in [1.54, 1.807) is 0 Å². The van der Waals surface area contributed by atoms with Crippen LogP contribution in [0.15, 0.2) is 0 Å². The first-order valence-corrected chi connectivity index (χ1v) is 6.11. The molecule has 1 nitrogen and oxygen atoms in total. The molecule has 0 saturated heterocycles. The Labute approximate surface area is 88.2 Å². The highest BCUT2D eigenvalue weighted by molar-refractivity contribution is 5.01. The van der Waals surface area contributed by atoms with Crippen LogP contribution < -0.4 is 0 Å². The van der Waals surface area contributed by atoms with Gasteiger partial charge in [0.15, 0.2) is 0 Å². The lowest BCUT2D eigenvalue weighted by atomic mass is 9.60. The average molecular weight is 196 g/mol. The number of hydrogen-bond donors (Lipinski definition) is 0.